The van der Waals surface area contributed by atoms with Crippen LogP contribution in [0.3, 0.4) is 0 Å². The number of benzene rings is 1. The topological polar surface area (TPSA) is 61.9 Å². The fourth-order valence-electron chi connectivity index (χ4n) is 3.64. The van der Waals surface area contributed by atoms with Crippen molar-refractivity contribution >= 4 is 29.0 Å². The lowest BCUT2D eigenvalue weighted by molar-refractivity contribution is -0.126. The lowest BCUT2D eigenvalue weighted by Crippen LogP contribution is -2.52. The Kier molecular flexibility index (Phi) is 5.29. The second kappa shape index (κ2) is 8.00. The van der Waals surface area contributed by atoms with E-state index in [1.54, 1.807) is 21.1 Å². The van der Waals surface area contributed by atoms with Gasteiger partial charge in [0.25, 0.3) is 0 Å². The molecule has 1 unspecified atom stereocenters. The number of para-hydroxylation sites is 2. The van der Waals surface area contributed by atoms with E-state index in [1.807, 2.05) is 41.8 Å². The van der Waals surface area contributed by atoms with Gasteiger partial charge in [0.05, 0.1) is 24.7 Å². The molecule has 4 rings (SSSR count). The molecule has 1 aromatic heterocycles. The highest BCUT2D eigenvalue weighted by Gasteiger charge is 2.33. The van der Waals surface area contributed by atoms with Crippen LogP contribution in [0.1, 0.15) is 17.7 Å². The summed E-state index contributed by atoms with van der Waals surface area (Å²) in [5, 5.41) is 5.01. The number of thiophene rings is 1. The summed E-state index contributed by atoms with van der Waals surface area (Å²) in [5.41, 5.74) is 0.804. The van der Waals surface area contributed by atoms with Crippen LogP contribution in [-0.4, -0.2) is 43.1 Å². The van der Waals surface area contributed by atoms with E-state index >= 15 is 0 Å². The number of hydrogen-bond acceptors (Lipinski definition) is 4. The number of anilines is 1. The summed E-state index contributed by atoms with van der Waals surface area (Å²) in [6, 6.07) is 11.5. The normalized spacial score (nSPS) is 19.2. The first-order chi connectivity index (χ1) is 13.2. The number of ether oxygens (including phenoxy) is 1. The molecule has 6 nitrogen and oxygen atoms in total. The van der Waals surface area contributed by atoms with E-state index < -0.39 is 0 Å². The van der Waals surface area contributed by atoms with Gasteiger partial charge >= 0.3 is 6.03 Å². The molecular formula is C20H23N3O3S. The standard InChI is InChI=1S/C20H23N3O3S/c24-19(21-13-16-6-4-12-27-16)15-5-3-9-22(14-15)20(25)23-10-11-26-18-8-2-1-7-17(18)23/h1-2,4,6-8,12,15H,3,5,9-11,13-14H2,(H,21,24). The van der Waals surface area contributed by atoms with Crippen LogP contribution < -0.4 is 15.0 Å². The van der Waals surface area contributed by atoms with Gasteiger partial charge in [0, 0.05) is 18.0 Å². The number of urea groups is 1. The molecular weight excluding hydrogens is 362 g/mol. The number of amides is 3. The Morgan fingerprint density at radius 3 is 2.93 bits per heavy atom. The van der Waals surface area contributed by atoms with E-state index in [0.29, 0.717) is 32.8 Å². The zero-order valence-corrected chi connectivity index (χ0v) is 15.9. The molecule has 0 bridgehead atoms. The molecule has 1 atom stereocenters. The number of piperidine rings is 1. The first-order valence-corrected chi connectivity index (χ1v) is 10.2. The third-order valence-electron chi connectivity index (χ3n) is 5.04. The van der Waals surface area contributed by atoms with Gasteiger partial charge in [-0.25, -0.2) is 4.79 Å². The van der Waals surface area contributed by atoms with Crippen molar-refractivity contribution in [1.82, 2.24) is 10.2 Å². The third kappa shape index (κ3) is 3.93. The molecule has 2 aromatic rings. The Morgan fingerprint density at radius 2 is 2.07 bits per heavy atom. The van der Waals surface area contributed by atoms with Crippen molar-refractivity contribution in [3.8, 4) is 5.75 Å². The molecule has 27 heavy (non-hydrogen) atoms. The minimum absolute atomic E-state index is 0.0308. The Balaban J connectivity index is 1.39. The van der Waals surface area contributed by atoms with Crippen molar-refractivity contribution in [2.45, 2.75) is 19.4 Å². The first-order valence-electron chi connectivity index (χ1n) is 9.31. The Hall–Kier alpha value is -2.54. The Morgan fingerprint density at radius 1 is 1.19 bits per heavy atom. The number of rotatable bonds is 3. The van der Waals surface area contributed by atoms with Gasteiger partial charge < -0.3 is 15.0 Å². The van der Waals surface area contributed by atoms with Crippen LogP contribution in [0.2, 0.25) is 0 Å². The fourth-order valence-corrected chi connectivity index (χ4v) is 4.28. The average molecular weight is 385 g/mol. The van der Waals surface area contributed by atoms with Gasteiger partial charge in [0.2, 0.25) is 5.91 Å². The predicted molar refractivity (Wildman–Crippen MR) is 105 cm³/mol. The van der Waals surface area contributed by atoms with Gasteiger partial charge in [-0.1, -0.05) is 18.2 Å². The van der Waals surface area contributed by atoms with E-state index in [1.165, 1.54) is 0 Å². The quantitative estimate of drug-likeness (QED) is 0.883. The van der Waals surface area contributed by atoms with Gasteiger partial charge in [0.15, 0.2) is 0 Å². The molecule has 1 N–H and O–H groups in total. The maximum absolute atomic E-state index is 13.1. The minimum atomic E-state index is -0.154. The van der Waals surface area contributed by atoms with E-state index in [9.17, 15) is 9.59 Å². The first kappa shape index (κ1) is 17.9. The maximum atomic E-state index is 13.1. The van der Waals surface area contributed by atoms with Crippen molar-refractivity contribution in [3.63, 3.8) is 0 Å². The van der Waals surface area contributed by atoms with Crippen LogP contribution in [0.25, 0.3) is 0 Å². The Bertz CT molecular complexity index is 809. The fraction of sp³-hybridized carbons (Fsp3) is 0.400. The summed E-state index contributed by atoms with van der Waals surface area (Å²) in [6.45, 7) is 2.72. The van der Waals surface area contributed by atoms with E-state index in [-0.39, 0.29) is 17.9 Å². The highest BCUT2D eigenvalue weighted by Crippen LogP contribution is 2.32. The van der Waals surface area contributed by atoms with E-state index in [2.05, 4.69) is 5.32 Å². The second-order valence-electron chi connectivity index (χ2n) is 6.83. The molecule has 7 heteroatoms. The molecule has 3 amide bonds. The molecule has 2 aliphatic heterocycles. The van der Waals surface area contributed by atoms with Crippen molar-refractivity contribution in [2.24, 2.45) is 5.92 Å². The number of nitrogens with one attached hydrogen (secondary N) is 1. The lowest BCUT2D eigenvalue weighted by Gasteiger charge is -2.37. The molecule has 2 aliphatic rings. The van der Waals surface area contributed by atoms with Crippen LogP contribution in [0.5, 0.6) is 5.75 Å². The van der Waals surface area contributed by atoms with Gasteiger partial charge in [-0.05, 0) is 36.4 Å². The van der Waals surface area contributed by atoms with Crippen molar-refractivity contribution in [3.05, 3.63) is 46.7 Å². The second-order valence-corrected chi connectivity index (χ2v) is 7.86. The van der Waals surface area contributed by atoms with E-state index in [0.717, 1.165) is 29.2 Å². The molecule has 3 heterocycles. The molecule has 142 valence electrons. The summed E-state index contributed by atoms with van der Waals surface area (Å²) in [6.07, 6.45) is 1.66. The zero-order valence-electron chi connectivity index (χ0n) is 15.1. The molecule has 1 fully saturated rings. The van der Waals surface area contributed by atoms with Gasteiger partial charge in [0.1, 0.15) is 12.4 Å². The zero-order chi connectivity index (χ0) is 18.6. The van der Waals surface area contributed by atoms with Crippen molar-refractivity contribution in [1.29, 1.82) is 0 Å². The smallest absolute Gasteiger partial charge is 0.324 e. The van der Waals surface area contributed by atoms with Crippen molar-refractivity contribution < 1.29 is 14.3 Å². The van der Waals surface area contributed by atoms with Crippen LogP contribution in [-0.2, 0) is 11.3 Å². The van der Waals surface area contributed by atoms with Crippen LogP contribution in [0, 0.1) is 5.92 Å². The third-order valence-corrected chi connectivity index (χ3v) is 5.92. The monoisotopic (exact) mass is 385 g/mol. The summed E-state index contributed by atoms with van der Waals surface area (Å²) in [4.78, 5) is 30.4. The molecule has 0 aliphatic carbocycles. The molecule has 0 radical (unpaired) electrons. The molecule has 1 aromatic carbocycles. The summed E-state index contributed by atoms with van der Waals surface area (Å²) >= 11 is 1.63. The van der Waals surface area contributed by atoms with Gasteiger partial charge in [-0.3, -0.25) is 9.69 Å². The highest BCUT2D eigenvalue weighted by atomic mass is 32.1. The number of carbonyl (C=O) groups is 2. The summed E-state index contributed by atoms with van der Waals surface area (Å²) in [7, 11) is 0. The summed E-state index contributed by atoms with van der Waals surface area (Å²) in [5.74, 6) is 0.613. The maximum Gasteiger partial charge on any atom is 0.324 e. The van der Waals surface area contributed by atoms with Gasteiger partial charge in [-0.2, -0.15) is 0 Å². The summed E-state index contributed by atoms with van der Waals surface area (Å²) < 4.78 is 5.64. The lowest BCUT2D eigenvalue weighted by atomic mass is 9.97. The van der Waals surface area contributed by atoms with E-state index in [4.69, 9.17) is 4.74 Å². The number of likely N-dealkylation sites (tertiary alicyclic amines) is 1. The van der Waals surface area contributed by atoms with Gasteiger partial charge in [-0.15, -0.1) is 11.3 Å². The predicted octanol–water partition coefficient (Wildman–Crippen LogP) is 3.10. The SMILES string of the molecule is O=C(NCc1cccs1)C1CCCN(C(=O)N2CCOc3ccccc32)C1. The van der Waals surface area contributed by atoms with Crippen LogP contribution in [0.4, 0.5) is 10.5 Å². The highest BCUT2D eigenvalue weighted by molar-refractivity contribution is 7.09. The molecule has 0 spiro atoms. The number of nitrogens with zero attached hydrogens (tertiary/aromatic N) is 2. The number of hydrogen-bond donors (Lipinski definition) is 1. The average Bonchev–Trinajstić information content (AvgIpc) is 3.25. The Labute approximate surface area is 162 Å². The largest absolute Gasteiger partial charge is 0.490 e. The van der Waals surface area contributed by atoms with Crippen molar-refractivity contribution in [2.75, 3.05) is 31.1 Å². The minimum Gasteiger partial charge on any atom is -0.490 e. The van der Waals surface area contributed by atoms with Crippen LogP contribution in [0.15, 0.2) is 41.8 Å². The van der Waals surface area contributed by atoms with Crippen LogP contribution >= 0.6 is 11.3 Å². The number of carbonyl (C=O) groups excluding carboxylic acids is 2. The molecule has 0 saturated carbocycles. The molecule has 1 saturated heterocycles. The number of fused-ring (bicyclic) bond motifs is 1.